The lowest BCUT2D eigenvalue weighted by Crippen LogP contribution is -2.17. The van der Waals surface area contributed by atoms with Crippen LogP contribution in [0.1, 0.15) is 31.8 Å². The van der Waals surface area contributed by atoms with E-state index < -0.39 is 11.8 Å². The lowest BCUT2D eigenvalue weighted by Gasteiger charge is -2.10. The maximum atomic E-state index is 12.4. The van der Waals surface area contributed by atoms with Gasteiger partial charge in [0.25, 0.3) is 11.8 Å². The minimum Gasteiger partial charge on any atom is -0.481 e. The largest absolute Gasteiger partial charge is 0.481 e. The summed E-state index contributed by atoms with van der Waals surface area (Å²) >= 11 is 0. The van der Waals surface area contributed by atoms with E-state index in [4.69, 9.17) is 15.3 Å². The summed E-state index contributed by atoms with van der Waals surface area (Å²) in [5.41, 5.74) is 1.50. The number of aromatic nitrogens is 2. The van der Waals surface area contributed by atoms with Gasteiger partial charge in [-0.1, -0.05) is 0 Å². The van der Waals surface area contributed by atoms with E-state index in [1.807, 2.05) is 12.1 Å². The number of nitrogens with one attached hydrogen (secondary N) is 2. The van der Waals surface area contributed by atoms with Gasteiger partial charge in [0.1, 0.15) is 5.82 Å². The minimum absolute atomic E-state index is 0.0705. The van der Waals surface area contributed by atoms with Crippen LogP contribution in [0.5, 0.6) is 5.88 Å². The molecule has 0 aliphatic rings. The van der Waals surface area contributed by atoms with E-state index in [0.717, 1.165) is 0 Å². The Hall–Kier alpha value is -4.76. The summed E-state index contributed by atoms with van der Waals surface area (Å²) in [5, 5.41) is 22.8. The first-order valence-corrected chi connectivity index (χ1v) is 8.58. The van der Waals surface area contributed by atoms with Crippen molar-refractivity contribution in [1.29, 1.82) is 10.5 Å². The molecule has 0 spiro atoms. The van der Waals surface area contributed by atoms with Crippen molar-refractivity contribution in [1.82, 2.24) is 9.97 Å². The Kier molecular flexibility index (Phi) is 5.96. The first-order valence-electron chi connectivity index (χ1n) is 8.58. The fourth-order valence-electron chi connectivity index (χ4n) is 2.40. The van der Waals surface area contributed by atoms with Crippen LogP contribution in [0, 0.1) is 22.7 Å². The molecule has 2 N–H and O–H groups in total. The van der Waals surface area contributed by atoms with E-state index in [2.05, 4.69) is 20.6 Å². The Labute approximate surface area is 171 Å². The predicted octanol–water partition coefficient (Wildman–Crippen LogP) is 2.73. The number of nitriles is 2. The summed E-state index contributed by atoms with van der Waals surface area (Å²) in [4.78, 5) is 33.0. The highest BCUT2D eigenvalue weighted by atomic mass is 16.5. The van der Waals surface area contributed by atoms with E-state index in [-0.39, 0.29) is 17.6 Å². The molecule has 2 amide bonds. The molecule has 30 heavy (non-hydrogen) atoms. The molecule has 0 aliphatic carbocycles. The van der Waals surface area contributed by atoms with Gasteiger partial charge in [0.05, 0.1) is 30.4 Å². The highest BCUT2D eigenvalue weighted by Gasteiger charge is 2.13. The number of hydrogen-bond acceptors (Lipinski definition) is 7. The van der Waals surface area contributed by atoms with Gasteiger partial charge in [0, 0.05) is 17.2 Å². The molecule has 9 nitrogen and oxygen atoms in total. The molecule has 3 aromatic rings. The van der Waals surface area contributed by atoms with Crippen molar-refractivity contribution in [2.75, 3.05) is 17.7 Å². The second kappa shape index (κ2) is 8.95. The van der Waals surface area contributed by atoms with Crippen molar-refractivity contribution in [3.8, 4) is 18.0 Å². The van der Waals surface area contributed by atoms with Gasteiger partial charge in [-0.2, -0.15) is 20.5 Å². The van der Waals surface area contributed by atoms with Crippen LogP contribution >= 0.6 is 0 Å². The topological polar surface area (TPSA) is 141 Å². The number of carbonyl (C=O) groups excluding carboxylic acids is 2. The average molecular weight is 398 g/mol. The molecule has 0 radical (unpaired) electrons. The molecule has 0 bridgehead atoms. The Morgan fingerprint density at radius 3 is 1.80 bits per heavy atom. The van der Waals surface area contributed by atoms with E-state index in [0.29, 0.717) is 22.3 Å². The summed E-state index contributed by atoms with van der Waals surface area (Å²) in [6, 6.07) is 17.5. The van der Waals surface area contributed by atoms with Crippen molar-refractivity contribution in [2.24, 2.45) is 0 Å². The molecular formula is C21H14N6O3. The standard InChI is InChI=1S/C21H14N6O3/c1-30-18-10-17(24-19(28)15-6-2-13(11-22)3-7-15)25-21(26-18)27-20(29)16-8-4-14(12-23)5-9-16/h2-10H,1H3,(H2,24,25,26,27,28,29). The summed E-state index contributed by atoms with van der Waals surface area (Å²) in [5.74, 6) is -0.762. The second-order valence-corrected chi connectivity index (χ2v) is 5.91. The zero-order chi connectivity index (χ0) is 21.5. The van der Waals surface area contributed by atoms with Gasteiger partial charge < -0.3 is 10.1 Å². The minimum atomic E-state index is -0.489. The number of ether oxygens (including phenoxy) is 1. The summed E-state index contributed by atoms with van der Waals surface area (Å²) in [7, 11) is 1.39. The normalized spacial score (nSPS) is 9.70. The number of rotatable bonds is 5. The smallest absolute Gasteiger partial charge is 0.258 e. The van der Waals surface area contributed by atoms with Crippen LogP contribution in [0.15, 0.2) is 54.6 Å². The van der Waals surface area contributed by atoms with Crippen LogP contribution in [0.2, 0.25) is 0 Å². The third-order valence-corrected chi connectivity index (χ3v) is 3.93. The fraction of sp³-hybridized carbons (Fsp3) is 0.0476. The number of hydrogen-bond donors (Lipinski definition) is 2. The van der Waals surface area contributed by atoms with E-state index in [1.165, 1.54) is 61.7 Å². The number of carbonyl (C=O) groups is 2. The molecule has 2 aromatic carbocycles. The van der Waals surface area contributed by atoms with Gasteiger partial charge >= 0.3 is 0 Å². The van der Waals surface area contributed by atoms with Crippen LogP contribution in [0.25, 0.3) is 0 Å². The number of anilines is 2. The SMILES string of the molecule is COc1cc(NC(=O)c2ccc(C#N)cc2)nc(NC(=O)c2ccc(C#N)cc2)n1. The molecular weight excluding hydrogens is 384 g/mol. The fourth-order valence-corrected chi connectivity index (χ4v) is 2.40. The maximum Gasteiger partial charge on any atom is 0.258 e. The van der Waals surface area contributed by atoms with Gasteiger partial charge in [0.2, 0.25) is 11.8 Å². The van der Waals surface area contributed by atoms with Gasteiger partial charge in [-0.05, 0) is 48.5 Å². The van der Waals surface area contributed by atoms with Crippen LogP contribution in [-0.4, -0.2) is 28.9 Å². The Morgan fingerprint density at radius 1 is 0.833 bits per heavy atom. The molecule has 0 saturated carbocycles. The number of amides is 2. The zero-order valence-electron chi connectivity index (χ0n) is 15.7. The van der Waals surface area contributed by atoms with Crippen LogP contribution in [0.3, 0.4) is 0 Å². The summed E-state index contributed by atoms with van der Waals surface area (Å²) < 4.78 is 5.10. The molecule has 1 aromatic heterocycles. The number of nitrogens with zero attached hydrogens (tertiary/aromatic N) is 4. The van der Waals surface area contributed by atoms with Crippen molar-refractivity contribution in [3.05, 3.63) is 76.9 Å². The third kappa shape index (κ3) is 4.74. The zero-order valence-corrected chi connectivity index (χ0v) is 15.7. The Morgan fingerprint density at radius 2 is 1.33 bits per heavy atom. The van der Waals surface area contributed by atoms with Gasteiger partial charge in [-0.25, -0.2) is 0 Å². The highest BCUT2D eigenvalue weighted by molar-refractivity contribution is 6.05. The average Bonchev–Trinajstić information content (AvgIpc) is 2.78. The van der Waals surface area contributed by atoms with E-state index in [9.17, 15) is 9.59 Å². The maximum absolute atomic E-state index is 12.4. The van der Waals surface area contributed by atoms with Gasteiger partial charge in [-0.3, -0.25) is 14.9 Å². The summed E-state index contributed by atoms with van der Waals surface area (Å²) in [6.07, 6.45) is 0. The van der Waals surface area contributed by atoms with Crippen LogP contribution in [0.4, 0.5) is 11.8 Å². The lowest BCUT2D eigenvalue weighted by atomic mass is 10.1. The highest BCUT2D eigenvalue weighted by Crippen LogP contribution is 2.18. The predicted molar refractivity (Wildman–Crippen MR) is 107 cm³/mol. The molecule has 3 rings (SSSR count). The molecule has 0 saturated heterocycles. The Bertz CT molecular complexity index is 1090. The number of methoxy groups -OCH3 is 1. The van der Waals surface area contributed by atoms with Gasteiger partial charge in [0.15, 0.2) is 0 Å². The third-order valence-electron chi connectivity index (χ3n) is 3.93. The van der Waals surface area contributed by atoms with E-state index in [1.54, 1.807) is 0 Å². The molecule has 146 valence electrons. The second-order valence-electron chi connectivity index (χ2n) is 5.91. The van der Waals surface area contributed by atoms with Crippen LogP contribution in [-0.2, 0) is 0 Å². The molecule has 9 heteroatoms. The van der Waals surface area contributed by atoms with Crippen molar-refractivity contribution < 1.29 is 14.3 Å². The van der Waals surface area contributed by atoms with Crippen molar-refractivity contribution in [3.63, 3.8) is 0 Å². The molecule has 0 fully saturated rings. The van der Waals surface area contributed by atoms with Crippen molar-refractivity contribution >= 4 is 23.6 Å². The Balaban J connectivity index is 1.78. The summed E-state index contributed by atoms with van der Waals surface area (Å²) in [6.45, 7) is 0. The van der Waals surface area contributed by atoms with Crippen LogP contribution < -0.4 is 15.4 Å². The molecule has 0 aliphatic heterocycles. The first-order chi connectivity index (χ1) is 14.5. The molecule has 0 atom stereocenters. The first kappa shape index (κ1) is 20.0. The monoisotopic (exact) mass is 398 g/mol. The van der Waals surface area contributed by atoms with Gasteiger partial charge in [-0.15, -0.1) is 0 Å². The van der Waals surface area contributed by atoms with Crippen molar-refractivity contribution in [2.45, 2.75) is 0 Å². The lowest BCUT2D eigenvalue weighted by molar-refractivity contribution is 0.101. The van der Waals surface area contributed by atoms with E-state index >= 15 is 0 Å². The molecule has 0 unspecified atom stereocenters. The molecule has 1 heterocycles. The number of benzene rings is 2. The quantitative estimate of drug-likeness (QED) is 0.673.